The van der Waals surface area contributed by atoms with Crippen molar-refractivity contribution in [3.8, 4) is 0 Å². The van der Waals surface area contributed by atoms with Gasteiger partial charge in [0.25, 0.3) is 0 Å². The highest BCUT2D eigenvalue weighted by Gasteiger charge is 2.17. The molecule has 1 aliphatic rings. The maximum Gasteiger partial charge on any atom is 0.331 e. The van der Waals surface area contributed by atoms with E-state index in [1.54, 1.807) is 0 Å². The SMILES string of the molecule is COC(=O)/C=C/C(=O)OCCN1CCN(CCOC(=O)/C=C/C(=O)OC)CC1.Cl.Cl. The molecular weight excluding hydrogens is 443 g/mol. The summed E-state index contributed by atoms with van der Waals surface area (Å²) in [5, 5.41) is 0. The Balaban J connectivity index is 0. The highest BCUT2D eigenvalue weighted by Crippen LogP contribution is 2.01. The van der Waals surface area contributed by atoms with E-state index < -0.39 is 23.9 Å². The summed E-state index contributed by atoms with van der Waals surface area (Å²) in [5.74, 6) is -2.41. The molecule has 1 aliphatic heterocycles. The molecule has 0 unspecified atom stereocenters. The van der Waals surface area contributed by atoms with Gasteiger partial charge >= 0.3 is 23.9 Å². The zero-order valence-corrected chi connectivity index (χ0v) is 18.6. The first-order valence-corrected chi connectivity index (χ1v) is 8.75. The van der Waals surface area contributed by atoms with Crippen molar-refractivity contribution in [3.05, 3.63) is 24.3 Å². The minimum atomic E-state index is -0.613. The van der Waals surface area contributed by atoms with Gasteiger partial charge in [-0.2, -0.15) is 0 Å². The molecule has 0 radical (unpaired) electrons. The Morgan fingerprint density at radius 1 is 0.633 bits per heavy atom. The minimum Gasteiger partial charge on any atom is -0.466 e. The number of methoxy groups -OCH3 is 2. The smallest absolute Gasteiger partial charge is 0.331 e. The van der Waals surface area contributed by atoms with Crippen LogP contribution in [0.25, 0.3) is 0 Å². The molecule has 0 spiro atoms. The fourth-order valence-corrected chi connectivity index (χ4v) is 2.29. The predicted molar refractivity (Wildman–Crippen MR) is 112 cm³/mol. The second kappa shape index (κ2) is 17.7. The number of halogens is 2. The molecule has 0 N–H and O–H groups in total. The third-order valence-electron chi connectivity index (χ3n) is 3.88. The quantitative estimate of drug-likeness (QED) is 0.245. The Morgan fingerprint density at radius 3 is 1.23 bits per heavy atom. The normalized spacial score (nSPS) is 14.5. The molecular formula is C18H28Cl2N2O8. The highest BCUT2D eigenvalue weighted by molar-refractivity contribution is 5.92. The van der Waals surface area contributed by atoms with Gasteiger partial charge in [0.2, 0.25) is 0 Å². The molecule has 1 rings (SSSR count). The van der Waals surface area contributed by atoms with Crippen LogP contribution in [0.15, 0.2) is 24.3 Å². The van der Waals surface area contributed by atoms with Gasteiger partial charge in [-0.05, 0) is 0 Å². The molecule has 0 bridgehead atoms. The highest BCUT2D eigenvalue weighted by atomic mass is 35.5. The summed E-state index contributed by atoms with van der Waals surface area (Å²) in [6, 6.07) is 0. The van der Waals surface area contributed by atoms with Crippen LogP contribution in [0, 0.1) is 0 Å². The van der Waals surface area contributed by atoms with Crippen LogP contribution in [0.5, 0.6) is 0 Å². The van der Waals surface area contributed by atoms with Crippen molar-refractivity contribution in [1.29, 1.82) is 0 Å². The maximum absolute atomic E-state index is 11.4. The number of carbonyl (C=O) groups is 4. The number of piperazine rings is 1. The Hall–Kier alpha value is -2.14. The van der Waals surface area contributed by atoms with Crippen LogP contribution in [-0.4, -0.2) is 100 Å². The molecule has 172 valence electrons. The fourth-order valence-electron chi connectivity index (χ4n) is 2.29. The average molecular weight is 471 g/mol. The van der Waals surface area contributed by atoms with Gasteiger partial charge in [0.1, 0.15) is 13.2 Å². The first-order chi connectivity index (χ1) is 13.4. The second-order valence-electron chi connectivity index (χ2n) is 5.73. The Morgan fingerprint density at radius 2 is 0.933 bits per heavy atom. The lowest BCUT2D eigenvalue weighted by molar-refractivity contribution is -0.140. The van der Waals surface area contributed by atoms with Crippen molar-refractivity contribution in [1.82, 2.24) is 9.80 Å². The first kappa shape index (κ1) is 30.1. The zero-order valence-electron chi connectivity index (χ0n) is 16.9. The Labute approximate surface area is 187 Å². The van der Waals surface area contributed by atoms with Gasteiger partial charge in [0, 0.05) is 63.6 Å². The van der Waals surface area contributed by atoms with Gasteiger partial charge in [-0.1, -0.05) is 0 Å². The largest absolute Gasteiger partial charge is 0.466 e. The van der Waals surface area contributed by atoms with Crippen LogP contribution in [0.2, 0.25) is 0 Å². The van der Waals surface area contributed by atoms with Crippen LogP contribution >= 0.6 is 24.8 Å². The lowest BCUT2D eigenvalue weighted by Crippen LogP contribution is -2.48. The molecule has 10 nitrogen and oxygen atoms in total. The van der Waals surface area contributed by atoms with Crippen LogP contribution in [0.3, 0.4) is 0 Å². The van der Waals surface area contributed by atoms with E-state index in [0.717, 1.165) is 50.5 Å². The van der Waals surface area contributed by atoms with E-state index in [1.165, 1.54) is 14.2 Å². The van der Waals surface area contributed by atoms with Crippen LogP contribution in [0.4, 0.5) is 0 Å². The molecule has 0 aromatic rings. The molecule has 0 aromatic heterocycles. The Kier molecular flexibility index (Phi) is 17.7. The lowest BCUT2D eigenvalue weighted by atomic mass is 10.3. The van der Waals surface area contributed by atoms with E-state index in [1.807, 2.05) is 0 Å². The third-order valence-corrected chi connectivity index (χ3v) is 3.88. The molecule has 30 heavy (non-hydrogen) atoms. The number of carbonyl (C=O) groups excluding carboxylic acids is 4. The van der Waals surface area contributed by atoms with E-state index in [0.29, 0.717) is 13.1 Å². The number of rotatable bonds is 10. The van der Waals surface area contributed by atoms with Gasteiger partial charge in [0.05, 0.1) is 14.2 Å². The molecule has 0 aliphatic carbocycles. The van der Waals surface area contributed by atoms with Gasteiger partial charge < -0.3 is 18.9 Å². The summed E-state index contributed by atoms with van der Waals surface area (Å²) in [5.41, 5.74) is 0. The van der Waals surface area contributed by atoms with Crippen molar-refractivity contribution in [2.75, 3.05) is 66.7 Å². The van der Waals surface area contributed by atoms with Gasteiger partial charge in [-0.3, -0.25) is 9.80 Å². The molecule has 1 saturated heterocycles. The summed E-state index contributed by atoms with van der Waals surface area (Å²) < 4.78 is 18.8. The van der Waals surface area contributed by atoms with Crippen LogP contribution in [-0.2, 0) is 38.1 Å². The van der Waals surface area contributed by atoms with Crippen LogP contribution < -0.4 is 0 Å². The summed E-state index contributed by atoms with van der Waals surface area (Å²) in [4.78, 5) is 48.9. The van der Waals surface area contributed by atoms with Crippen molar-refractivity contribution < 1.29 is 38.1 Å². The lowest BCUT2D eigenvalue weighted by Gasteiger charge is -2.34. The van der Waals surface area contributed by atoms with Crippen molar-refractivity contribution in [3.63, 3.8) is 0 Å². The fraction of sp³-hybridized carbons (Fsp3) is 0.556. The topological polar surface area (TPSA) is 112 Å². The number of ether oxygens (including phenoxy) is 4. The summed E-state index contributed by atoms with van der Waals surface area (Å²) in [6.45, 7) is 4.84. The summed E-state index contributed by atoms with van der Waals surface area (Å²) in [7, 11) is 2.45. The standard InChI is InChI=1S/C18H26N2O8.2ClH/c1-25-15(21)3-5-17(23)27-13-11-19-7-9-20(10-8-19)12-14-28-18(24)6-4-16(22)26-2;;/h3-6H,7-14H2,1-2H3;2*1H/b5-3+,6-4+;;. The van der Waals surface area contributed by atoms with Gasteiger partial charge in [-0.25, -0.2) is 19.2 Å². The number of hydrogen-bond acceptors (Lipinski definition) is 10. The minimum absolute atomic E-state index is 0. The molecule has 0 saturated carbocycles. The van der Waals surface area contributed by atoms with Crippen molar-refractivity contribution in [2.45, 2.75) is 0 Å². The molecule has 0 atom stereocenters. The monoisotopic (exact) mass is 470 g/mol. The molecule has 12 heteroatoms. The average Bonchev–Trinajstić information content (AvgIpc) is 2.71. The summed E-state index contributed by atoms with van der Waals surface area (Å²) in [6.07, 6.45) is 4.09. The molecule has 0 aromatic carbocycles. The number of hydrogen-bond donors (Lipinski definition) is 0. The van der Waals surface area contributed by atoms with Crippen molar-refractivity contribution >= 4 is 48.7 Å². The predicted octanol–water partition coefficient (Wildman–Crippen LogP) is -0.00760. The maximum atomic E-state index is 11.4. The van der Waals surface area contributed by atoms with E-state index in [-0.39, 0.29) is 38.0 Å². The molecule has 1 fully saturated rings. The van der Waals surface area contributed by atoms with Crippen molar-refractivity contribution in [2.24, 2.45) is 0 Å². The van der Waals surface area contributed by atoms with Crippen LogP contribution in [0.1, 0.15) is 0 Å². The second-order valence-corrected chi connectivity index (χ2v) is 5.73. The zero-order chi connectivity index (χ0) is 20.8. The molecule has 1 heterocycles. The van der Waals surface area contributed by atoms with Gasteiger partial charge in [-0.15, -0.1) is 24.8 Å². The first-order valence-electron chi connectivity index (χ1n) is 8.75. The van der Waals surface area contributed by atoms with E-state index in [4.69, 9.17) is 9.47 Å². The number of esters is 4. The van der Waals surface area contributed by atoms with E-state index >= 15 is 0 Å². The molecule has 0 amide bonds. The Bertz CT molecular complexity index is 553. The van der Waals surface area contributed by atoms with E-state index in [9.17, 15) is 19.2 Å². The third kappa shape index (κ3) is 13.9. The van der Waals surface area contributed by atoms with Gasteiger partial charge in [0.15, 0.2) is 0 Å². The summed E-state index contributed by atoms with van der Waals surface area (Å²) >= 11 is 0. The van der Waals surface area contributed by atoms with E-state index in [2.05, 4.69) is 19.3 Å². The number of nitrogens with zero attached hydrogens (tertiary/aromatic N) is 2.